The van der Waals surface area contributed by atoms with Gasteiger partial charge in [0.15, 0.2) is 0 Å². The average molecular weight is 905 g/mol. The Morgan fingerprint density at radius 2 is 0.391 bits per heavy atom. The summed E-state index contributed by atoms with van der Waals surface area (Å²) in [6.07, 6.45) is 0. The van der Waals surface area contributed by atoms with E-state index in [1.54, 1.807) is 0 Å². The van der Waals surface area contributed by atoms with E-state index >= 15 is 0 Å². The largest absolute Gasteiger partial charge is 0.521 e. The van der Waals surface area contributed by atoms with Crippen molar-refractivity contribution >= 4 is 54.2 Å². The lowest BCUT2D eigenvalue weighted by molar-refractivity contribution is 1.18. The molecule has 0 aliphatic carbocycles. The van der Waals surface area contributed by atoms with Crippen molar-refractivity contribution in [1.29, 1.82) is 0 Å². The first-order chi connectivity index (χ1) is 33.9. The quantitative estimate of drug-likeness (QED) is 0.141. The highest BCUT2D eigenvalue weighted by molar-refractivity contribution is 6.99. The molecule has 4 nitrogen and oxygen atoms in total. The monoisotopic (exact) mass is 904 g/mol. The summed E-state index contributed by atoms with van der Waals surface area (Å²) in [5.41, 5.74) is 23.8. The molecule has 332 valence electrons. The molecule has 69 heavy (non-hydrogen) atoms. The minimum Gasteiger partial charge on any atom is -0.314 e. The van der Waals surface area contributed by atoms with E-state index in [0.29, 0.717) is 0 Å². The summed E-state index contributed by atoms with van der Waals surface area (Å²) in [5.74, 6) is 0. The molecular formula is C64H52N4Si. The zero-order chi connectivity index (χ0) is 46.6. The van der Waals surface area contributed by atoms with Crippen molar-refractivity contribution < 1.29 is 0 Å². The Balaban J connectivity index is 1.19. The number of aryl methyl sites for hydroxylation is 4. The molecule has 0 saturated carbocycles. The summed E-state index contributed by atoms with van der Waals surface area (Å²) in [5, 5.41) is 0. The van der Waals surface area contributed by atoms with Gasteiger partial charge in [-0.1, -0.05) is 170 Å². The molecule has 0 aromatic heterocycles. The van der Waals surface area contributed by atoms with Gasteiger partial charge in [-0.2, -0.15) is 0 Å². The zero-order valence-corrected chi connectivity index (χ0v) is 40.4. The maximum Gasteiger partial charge on any atom is 0.521 e. The topological polar surface area (TPSA) is 13.0 Å². The van der Waals surface area contributed by atoms with Gasteiger partial charge >= 0.3 is 8.72 Å². The Bertz CT molecular complexity index is 2980. The van der Waals surface area contributed by atoms with Crippen LogP contribution in [-0.4, -0.2) is 8.72 Å². The summed E-state index contributed by atoms with van der Waals surface area (Å²) in [4.78, 5) is 0. The molecule has 2 heterocycles. The molecule has 10 aromatic rings. The standard InChI is InChI=1S/C64H52N4Si/c1-45-41-61-62(42-46(45)2)66(58-35-27-54(28-36-58)50-19-11-6-12-20-50)69(65(61)57-33-25-53(26-34-57)49-17-9-5-10-18-49)67(59-37-29-55(30-38-59)51-21-13-7-14-22-51)63-43-47(3)48(4)44-64(63)68(69)60-39-31-56(32-40-60)52-23-15-8-16-24-52/h5-44H,1-4H3. The number of anilines is 8. The minimum atomic E-state index is -3.70. The fraction of sp³-hybridized carbons (Fsp3) is 0.0625. The van der Waals surface area contributed by atoms with Crippen LogP contribution in [0.15, 0.2) is 243 Å². The van der Waals surface area contributed by atoms with Crippen LogP contribution < -0.4 is 18.3 Å². The fourth-order valence-corrected chi connectivity index (χ4v) is 15.7. The van der Waals surface area contributed by atoms with E-state index in [9.17, 15) is 0 Å². The van der Waals surface area contributed by atoms with Crippen LogP contribution >= 0.6 is 0 Å². The van der Waals surface area contributed by atoms with E-state index in [4.69, 9.17) is 0 Å². The van der Waals surface area contributed by atoms with Crippen molar-refractivity contribution in [3.05, 3.63) is 265 Å². The van der Waals surface area contributed by atoms with Crippen molar-refractivity contribution in [3.8, 4) is 44.5 Å². The number of hydrogen-bond donors (Lipinski definition) is 0. The first-order valence-electron chi connectivity index (χ1n) is 23.9. The van der Waals surface area contributed by atoms with Crippen LogP contribution in [0.5, 0.6) is 0 Å². The summed E-state index contributed by atoms with van der Waals surface area (Å²) >= 11 is 0. The molecule has 5 heteroatoms. The van der Waals surface area contributed by atoms with E-state index in [2.05, 4.69) is 289 Å². The first kappa shape index (κ1) is 42.0. The number of fused-ring (bicyclic) bond motifs is 2. The van der Waals surface area contributed by atoms with Gasteiger partial charge in [-0.25, -0.2) is 0 Å². The van der Waals surface area contributed by atoms with Crippen molar-refractivity contribution in [1.82, 2.24) is 0 Å². The third-order valence-corrected chi connectivity index (χ3v) is 18.7. The van der Waals surface area contributed by atoms with E-state index < -0.39 is 8.72 Å². The van der Waals surface area contributed by atoms with Gasteiger partial charge in [-0.3, -0.25) is 0 Å². The predicted octanol–water partition coefficient (Wildman–Crippen LogP) is 17.3. The molecule has 0 amide bonds. The lowest BCUT2D eigenvalue weighted by Crippen LogP contribution is -2.76. The van der Waals surface area contributed by atoms with E-state index in [-0.39, 0.29) is 0 Å². The average Bonchev–Trinajstić information content (AvgIpc) is 3.84. The van der Waals surface area contributed by atoms with Gasteiger partial charge in [0.2, 0.25) is 0 Å². The second kappa shape index (κ2) is 17.0. The van der Waals surface area contributed by atoms with E-state index in [1.165, 1.54) is 89.5 Å². The minimum absolute atomic E-state index is 1.13. The highest BCUT2D eigenvalue weighted by Crippen LogP contribution is 2.63. The Labute approximate surface area is 407 Å². The van der Waals surface area contributed by atoms with Crippen LogP contribution in [-0.2, 0) is 0 Å². The van der Waals surface area contributed by atoms with Crippen molar-refractivity contribution in [2.75, 3.05) is 18.3 Å². The smallest absolute Gasteiger partial charge is 0.314 e. The number of hydrogen-bond acceptors (Lipinski definition) is 4. The third kappa shape index (κ3) is 7.04. The number of rotatable bonds is 8. The molecule has 0 fully saturated rings. The van der Waals surface area contributed by atoms with Gasteiger partial charge < -0.3 is 18.3 Å². The summed E-state index contributed by atoms with van der Waals surface area (Å²) in [7, 11) is -3.70. The second-order valence-corrected chi connectivity index (χ2v) is 21.4. The Kier molecular flexibility index (Phi) is 10.4. The molecule has 0 radical (unpaired) electrons. The normalized spacial score (nSPS) is 13.5. The molecule has 1 spiro atoms. The second-order valence-electron chi connectivity index (χ2n) is 18.4. The van der Waals surface area contributed by atoms with Gasteiger partial charge in [-0.05, 0) is 167 Å². The van der Waals surface area contributed by atoms with Crippen molar-refractivity contribution in [3.63, 3.8) is 0 Å². The summed E-state index contributed by atoms with van der Waals surface area (Å²) < 4.78 is 11.0. The highest BCUT2D eigenvalue weighted by Gasteiger charge is 2.70. The van der Waals surface area contributed by atoms with Crippen LogP contribution in [0, 0.1) is 27.7 Å². The van der Waals surface area contributed by atoms with Gasteiger partial charge in [0, 0.05) is 22.7 Å². The molecule has 12 rings (SSSR count). The van der Waals surface area contributed by atoms with Crippen molar-refractivity contribution in [2.24, 2.45) is 0 Å². The summed E-state index contributed by atoms with van der Waals surface area (Å²) in [6, 6.07) is 89.9. The molecule has 0 bridgehead atoms. The highest BCUT2D eigenvalue weighted by atomic mass is 28.4. The van der Waals surface area contributed by atoms with Gasteiger partial charge in [0.25, 0.3) is 0 Å². The lowest BCUT2D eigenvalue weighted by Gasteiger charge is -2.49. The van der Waals surface area contributed by atoms with Gasteiger partial charge in [0.05, 0.1) is 22.7 Å². The Morgan fingerprint density at radius 1 is 0.217 bits per heavy atom. The molecule has 0 unspecified atom stereocenters. The molecule has 0 N–H and O–H groups in total. The fourth-order valence-electron chi connectivity index (χ4n) is 10.5. The van der Waals surface area contributed by atoms with Gasteiger partial charge in [-0.15, -0.1) is 0 Å². The van der Waals surface area contributed by atoms with Crippen LogP contribution in [0.4, 0.5) is 45.5 Å². The van der Waals surface area contributed by atoms with Crippen LogP contribution in [0.1, 0.15) is 22.3 Å². The maximum atomic E-state index is 2.75. The van der Waals surface area contributed by atoms with E-state index in [1.807, 2.05) is 0 Å². The molecule has 2 aliphatic rings. The Hall–Kier alpha value is -8.38. The SMILES string of the molecule is Cc1cc2c(cc1C)N(c1ccc(-c3ccccc3)cc1)[Si]1(N2c2ccc(-c3ccccc3)cc2)N(c2ccc(-c3ccccc3)cc2)c2cc(C)c(C)cc2N1c1ccc(-c2ccccc2)cc1. The van der Waals surface area contributed by atoms with Crippen LogP contribution in [0.2, 0.25) is 0 Å². The maximum absolute atomic E-state index is 3.70. The number of benzene rings is 10. The molecule has 2 aliphatic heterocycles. The summed E-state index contributed by atoms with van der Waals surface area (Å²) in [6.45, 7) is 9.03. The predicted molar refractivity (Wildman–Crippen MR) is 294 cm³/mol. The molecular weight excluding hydrogens is 853 g/mol. The van der Waals surface area contributed by atoms with Crippen LogP contribution in [0.25, 0.3) is 44.5 Å². The zero-order valence-electron chi connectivity index (χ0n) is 39.4. The molecule has 0 saturated heterocycles. The molecule has 0 atom stereocenters. The van der Waals surface area contributed by atoms with Crippen molar-refractivity contribution in [2.45, 2.75) is 27.7 Å². The Morgan fingerprint density at radius 3 is 0.580 bits per heavy atom. The van der Waals surface area contributed by atoms with E-state index in [0.717, 1.165) is 22.7 Å². The van der Waals surface area contributed by atoms with Gasteiger partial charge in [0.1, 0.15) is 0 Å². The first-order valence-corrected chi connectivity index (χ1v) is 25.7. The number of nitrogens with zero attached hydrogens (tertiary/aromatic N) is 4. The molecule has 10 aromatic carbocycles. The van der Waals surface area contributed by atoms with Crippen LogP contribution in [0.3, 0.4) is 0 Å². The third-order valence-electron chi connectivity index (χ3n) is 14.3. The lowest BCUT2D eigenvalue weighted by atomic mass is 10.0.